The van der Waals surface area contributed by atoms with Gasteiger partial charge in [0, 0.05) is 16.6 Å². The summed E-state index contributed by atoms with van der Waals surface area (Å²) in [5.74, 6) is 0.783. The van der Waals surface area contributed by atoms with E-state index in [0.29, 0.717) is 11.5 Å². The molecule has 0 saturated heterocycles. The van der Waals surface area contributed by atoms with Crippen molar-refractivity contribution in [1.82, 2.24) is 0 Å². The Morgan fingerprint density at radius 1 is 1.17 bits per heavy atom. The van der Waals surface area contributed by atoms with Crippen LogP contribution in [0.15, 0.2) is 46.9 Å². The molecule has 0 aliphatic heterocycles. The second-order valence-corrected chi connectivity index (χ2v) is 4.89. The van der Waals surface area contributed by atoms with Crippen molar-refractivity contribution in [1.29, 1.82) is 0 Å². The van der Waals surface area contributed by atoms with Crippen molar-refractivity contribution in [3.05, 3.63) is 58.3 Å². The Balaban J connectivity index is 2.23. The Bertz CT molecular complexity index is 557. The lowest BCUT2D eigenvalue weighted by Crippen LogP contribution is -2.05. The fourth-order valence-electron chi connectivity index (χ4n) is 1.61. The van der Waals surface area contributed by atoms with Crippen molar-refractivity contribution in [3.8, 4) is 11.5 Å². The third kappa shape index (κ3) is 3.09. The van der Waals surface area contributed by atoms with E-state index in [-0.39, 0.29) is 11.9 Å². The first-order valence-electron chi connectivity index (χ1n) is 5.54. The molecule has 0 unspecified atom stereocenters. The van der Waals surface area contributed by atoms with Crippen LogP contribution in [-0.2, 0) is 0 Å². The molecule has 0 radical (unpaired) electrons. The van der Waals surface area contributed by atoms with E-state index in [1.165, 1.54) is 12.1 Å². The molecule has 18 heavy (non-hydrogen) atoms. The predicted octanol–water partition coefficient (Wildman–Crippen LogP) is 4.40. The van der Waals surface area contributed by atoms with Crippen molar-refractivity contribution in [2.75, 3.05) is 0 Å². The van der Waals surface area contributed by atoms with Gasteiger partial charge < -0.3 is 10.5 Å². The lowest BCUT2D eigenvalue weighted by molar-refractivity contribution is 0.476. The summed E-state index contributed by atoms with van der Waals surface area (Å²) in [4.78, 5) is 0. The Morgan fingerprint density at radius 3 is 2.50 bits per heavy atom. The van der Waals surface area contributed by atoms with Gasteiger partial charge in [0.2, 0.25) is 0 Å². The first-order valence-corrected chi connectivity index (χ1v) is 6.34. The van der Waals surface area contributed by atoms with E-state index in [9.17, 15) is 4.39 Å². The molecule has 0 aliphatic carbocycles. The van der Waals surface area contributed by atoms with Gasteiger partial charge in [0.25, 0.3) is 0 Å². The number of benzene rings is 2. The molecule has 2 nitrogen and oxygen atoms in total. The van der Waals surface area contributed by atoms with Crippen LogP contribution in [0.4, 0.5) is 4.39 Å². The van der Waals surface area contributed by atoms with Gasteiger partial charge in [-0.25, -0.2) is 4.39 Å². The summed E-state index contributed by atoms with van der Waals surface area (Å²) in [5.41, 5.74) is 6.82. The number of hydrogen-bond donors (Lipinski definition) is 1. The van der Waals surface area contributed by atoms with Gasteiger partial charge in [-0.05, 0) is 36.8 Å². The zero-order valence-electron chi connectivity index (χ0n) is 9.86. The maximum Gasteiger partial charge on any atom is 0.130 e. The van der Waals surface area contributed by atoms with Gasteiger partial charge in [-0.3, -0.25) is 0 Å². The van der Waals surface area contributed by atoms with Gasteiger partial charge in [0.15, 0.2) is 0 Å². The smallest absolute Gasteiger partial charge is 0.130 e. The van der Waals surface area contributed by atoms with Gasteiger partial charge >= 0.3 is 0 Å². The molecule has 2 rings (SSSR count). The molecule has 0 saturated carbocycles. The molecule has 2 aromatic rings. The fourth-order valence-corrected chi connectivity index (χ4v) is 2.33. The Hall–Kier alpha value is -1.39. The van der Waals surface area contributed by atoms with Crippen molar-refractivity contribution in [2.24, 2.45) is 5.73 Å². The SMILES string of the molecule is C[C@@H](N)c1ccc(Oc2cccc(F)c2)cc1Br. The van der Waals surface area contributed by atoms with Crippen LogP contribution >= 0.6 is 15.9 Å². The second kappa shape index (κ2) is 5.50. The second-order valence-electron chi connectivity index (χ2n) is 4.03. The van der Waals surface area contributed by atoms with Crippen LogP contribution in [0.2, 0.25) is 0 Å². The number of rotatable bonds is 3. The number of hydrogen-bond acceptors (Lipinski definition) is 2. The van der Waals surface area contributed by atoms with E-state index in [4.69, 9.17) is 10.5 Å². The largest absolute Gasteiger partial charge is 0.457 e. The van der Waals surface area contributed by atoms with Crippen molar-refractivity contribution < 1.29 is 9.13 Å². The Morgan fingerprint density at radius 2 is 1.89 bits per heavy atom. The number of nitrogens with two attached hydrogens (primary N) is 1. The lowest BCUT2D eigenvalue weighted by atomic mass is 10.1. The summed E-state index contributed by atoms with van der Waals surface area (Å²) in [6.07, 6.45) is 0. The van der Waals surface area contributed by atoms with Crippen LogP contribution in [0.1, 0.15) is 18.5 Å². The van der Waals surface area contributed by atoms with Crippen molar-refractivity contribution >= 4 is 15.9 Å². The molecule has 0 spiro atoms. The zero-order chi connectivity index (χ0) is 13.1. The van der Waals surface area contributed by atoms with Crippen molar-refractivity contribution in [3.63, 3.8) is 0 Å². The van der Waals surface area contributed by atoms with E-state index < -0.39 is 0 Å². The maximum absolute atomic E-state index is 13.0. The van der Waals surface area contributed by atoms with Gasteiger partial charge in [-0.15, -0.1) is 0 Å². The monoisotopic (exact) mass is 309 g/mol. The molecule has 1 atom stereocenters. The molecule has 2 N–H and O–H groups in total. The Labute approximate surface area is 114 Å². The van der Waals surface area contributed by atoms with Crippen LogP contribution in [0.25, 0.3) is 0 Å². The summed E-state index contributed by atoms with van der Waals surface area (Å²) >= 11 is 3.44. The first kappa shape index (κ1) is 13.1. The molecule has 4 heteroatoms. The van der Waals surface area contributed by atoms with Crippen LogP contribution in [0, 0.1) is 5.82 Å². The maximum atomic E-state index is 13.0. The molecule has 0 aliphatic rings. The summed E-state index contributed by atoms with van der Waals surface area (Å²) in [6, 6.07) is 11.5. The van der Waals surface area contributed by atoms with Gasteiger partial charge in [0.1, 0.15) is 17.3 Å². The van der Waals surface area contributed by atoms with Crippen LogP contribution in [-0.4, -0.2) is 0 Å². The standard InChI is InChI=1S/C14H13BrFNO/c1-9(17)13-6-5-12(8-14(13)15)18-11-4-2-3-10(16)7-11/h2-9H,17H2,1H3/t9-/m1/s1. The van der Waals surface area contributed by atoms with Crippen LogP contribution in [0.5, 0.6) is 11.5 Å². The number of halogens is 2. The topological polar surface area (TPSA) is 35.2 Å². The normalized spacial score (nSPS) is 12.2. The molecule has 94 valence electrons. The molecular formula is C14H13BrFNO. The highest BCUT2D eigenvalue weighted by Crippen LogP contribution is 2.29. The summed E-state index contributed by atoms with van der Waals surface area (Å²) in [7, 11) is 0. The highest BCUT2D eigenvalue weighted by molar-refractivity contribution is 9.10. The quantitative estimate of drug-likeness (QED) is 0.912. The van der Waals surface area contributed by atoms with Crippen LogP contribution < -0.4 is 10.5 Å². The highest BCUT2D eigenvalue weighted by atomic mass is 79.9. The summed E-state index contributed by atoms with van der Waals surface area (Å²) in [5, 5.41) is 0. The molecule has 2 aromatic carbocycles. The van der Waals surface area contributed by atoms with E-state index in [1.807, 2.05) is 25.1 Å². The Kier molecular flexibility index (Phi) is 3.99. The number of ether oxygens (including phenoxy) is 1. The average molecular weight is 310 g/mol. The van der Waals surface area contributed by atoms with Gasteiger partial charge in [-0.1, -0.05) is 28.1 Å². The van der Waals surface area contributed by atoms with E-state index in [2.05, 4.69) is 15.9 Å². The molecule has 0 aromatic heterocycles. The summed E-state index contributed by atoms with van der Waals surface area (Å²) in [6.45, 7) is 1.91. The molecular weight excluding hydrogens is 297 g/mol. The average Bonchev–Trinajstić information content (AvgIpc) is 2.28. The molecule has 0 bridgehead atoms. The minimum absolute atomic E-state index is 0.0532. The molecule has 0 heterocycles. The molecule has 0 amide bonds. The predicted molar refractivity (Wildman–Crippen MR) is 73.2 cm³/mol. The highest BCUT2D eigenvalue weighted by Gasteiger charge is 2.07. The van der Waals surface area contributed by atoms with Gasteiger partial charge in [0.05, 0.1) is 0 Å². The minimum atomic E-state index is -0.321. The lowest BCUT2D eigenvalue weighted by Gasteiger charge is -2.11. The molecule has 0 fully saturated rings. The third-order valence-electron chi connectivity index (χ3n) is 2.49. The van der Waals surface area contributed by atoms with Gasteiger partial charge in [-0.2, -0.15) is 0 Å². The fraction of sp³-hybridized carbons (Fsp3) is 0.143. The third-order valence-corrected chi connectivity index (χ3v) is 3.18. The zero-order valence-corrected chi connectivity index (χ0v) is 11.4. The van der Waals surface area contributed by atoms with Crippen molar-refractivity contribution in [2.45, 2.75) is 13.0 Å². The summed E-state index contributed by atoms with van der Waals surface area (Å²) < 4.78 is 19.5. The van der Waals surface area contributed by atoms with Crippen LogP contribution in [0.3, 0.4) is 0 Å². The van der Waals surface area contributed by atoms with E-state index in [0.717, 1.165) is 10.0 Å². The van der Waals surface area contributed by atoms with E-state index in [1.54, 1.807) is 12.1 Å². The minimum Gasteiger partial charge on any atom is -0.457 e. The van der Waals surface area contributed by atoms with E-state index >= 15 is 0 Å². The first-order chi connectivity index (χ1) is 8.56.